The monoisotopic (exact) mass is 534 g/mol. The molecule has 0 aliphatic rings. The molecular weight excluding hydrogens is 504 g/mol. The number of rotatable bonds is 11. The first kappa shape index (κ1) is 28.7. The third-order valence-electron chi connectivity index (χ3n) is 5.18. The van der Waals surface area contributed by atoms with Gasteiger partial charge in [-0.15, -0.1) is 25.6 Å². The van der Waals surface area contributed by atoms with Crippen molar-refractivity contribution in [2.45, 2.75) is 11.8 Å². The molecule has 0 unspecified atom stereocenters. The Bertz CT molecular complexity index is 1280. The number of sulfonamides is 1. The summed E-state index contributed by atoms with van der Waals surface area (Å²) in [6.45, 7) is 10.7. The summed E-state index contributed by atoms with van der Waals surface area (Å²) in [4.78, 5) is 21.9. The van der Waals surface area contributed by atoms with E-state index in [-0.39, 0.29) is 36.3 Å². The van der Waals surface area contributed by atoms with Crippen molar-refractivity contribution in [3.63, 3.8) is 0 Å². The fourth-order valence-electron chi connectivity index (χ4n) is 3.35. The Morgan fingerprint density at radius 1 is 1.03 bits per heavy atom. The molecule has 35 heavy (non-hydrogen) atoms. The highest BCUT2D eigenvalue weighted by atomic mass is 35.5. The molecule has 0 saturated carbocycles. The third kappa shape index (κ3) is 6.77. The second-order valence-electron chi connectivity index (χ2n) is 8.15. The molecule has 10 heteroatoms. The molecular formula is C25H31ClN4O3S2. The van der Waals surface area contributed by atoms with E-state index in [1.807, 2.05) is 38.1 Å². The number of carbonyl (C=O) groups excluding carboxylic acids is 1. The van der Waals surface area contributed by atoms with Gasteiger partial charge in [0.1, 0.15) is 0 Å². The lowest BCUT2D eigenvalue weighted by atomic mass is 10.2. The molecule has 0 fully saturated rings. The number of fused-ring (bicyclic) bond motifs is 1. The summed E-state index contributed by atoms with van der Waals surface area (Å²) in [6, 6.07) is 12.0. The maximum absolute atomic E-state index is 13.5. The number of hydrogen-bond donors (Lipinski definition) is 0. The zero-order valence-electron chi connectivity index (χ0n) is 20.2. The maximum atomic E-state index is 13.5. The zero-order chi connectivity index (χ0) is 24.9. The summed E-state index contributed by atoms with van der Waals surface area (Å²) in [5.74, 6) is -0.226. The van der Waals surface area contributed by atoms with Crippen molar-refractivity contribution in [3.8, 4) is 0 Å². The van der Waals surface area contributed by atoms with Crippen LogP contribution in [0.4, 0.5) is 5.13 Å². The Kier molecular flexibility index (Phi) is 10.2. The van der Waals surface area contributed by atoms with Crippen LogP contribution in [-0.2, 0) is 10.0 Å². The minimum atomic E-state index is -3.73. The molecule has 1 amide bonds. The van der Waals surface area contributed by atoms with E-state index in [1.165, 1.54) is 39.9 Å². The van der Waals surface area contributed by atoms with Crippen LogP contribution in [0, 0.1) is 6.92 Å². The molecule has 0 bridgehead atoms. The zero-order valence-corrected chi connectivity index (χ0v) is 22.6. The molecule has 0 N–H and O–H groups in total. The first-order valence-electron chi connectivity index (χ1n) is 10.8. The van der Waals surface area contributed by atoms with Gasteiger partial charge in [0, 0.05) is 31.7 Å². The van der Waals surface area contributed by atoms with E-state index in [0.29, 0.717) is 23.8 Å². The van der Waals surface area contributed by atoms with Gasteiger partial charge in [-0.1, -0.05) is 29.6 Å². The number of thiazole rings is 1. The Balaban J connectivity index is 0.00000432. The number of benzene rings is 2. The molecule has 1 heterocycles. The third-order valence-corrected chi connectivity index (χ3v) is 8.07. The Labute approximate surface area is 217 Å². The van der Waals surface area contributed by atoms with E-state index in [9.17, 15) is 13.2 Å². The van der Waals surface area contributed by atoms with E-state index in [2.05, 4.69) is 24.2 Å². The SMILES string of the molecule is C=CCN(CC=C)S(=O)(=O)c1ccc(C(=O)N(CCN(C)C)c2nc3ccc(C)cc3s2)cc1.Cl. The average Bonchev–Trinajstić information content (AvgIpc) is 3.21. The summed E-state index contributed by atoms with van der Waals surface area (Å²) in [5.41, 5.74) is 2.37. The van der Waals surface area contributed by atoms with Gasteiger partial charge in [-0.25, -0.2) is 13.4 Å². The summed E-state index contributed by atoms with van der Waals surface area (Å²) in [7, 11) is 0.159. The minimum absolute atomic E-state index is 0. The van der Waals surface area contributed by atoms with Crippen LogP contribution < -0.4 is 4.90 Å². The standard InChI is InChI=1S/C25H30N4O3S2.ClH/c1-6-14-28(15-7-2)34(31,32)21-11-9-20(10-12-21)24(30)29(17-16-27(4)5)25-26-22-13-8-19(3)18-23(22)33-25;/h6-13,18H,1-2,14-17H2,3-5H3;1H. The number of amides is 1. The quantitative estimate of drug-likeness (QED) is 0.336. The fourth-order valence-corrected chi connectivity index (χ4v) is 5.82. The molecule has 7 nitrogen and oxygen atoms in total. The van der Waals surface area contributed by atoms with Crippen molar-refractivity contribution in [2.24, 2.45) is 0 Å². The first-order chi connectivity index (χ1) is 16.2. The number of halogens is 1. The number of nitrogens with zero attached hydrogens (tertiary/aromatic N) is 4. The summed E-state index contributed by atoms with van der Waals surface area (Å²) in [6.07, 6.45) is 3.06. The topological polar surface area (TPSA) is 73.8 Å². The van der Waals surface area contributed by atoms with Gasteiger partial charge >= 0.3 is 0 Å². The summed E-state index contributed by atoms with van der Waals surface area (Å²) in [5, 5.41) is 0.618. The molecule has 0 spiro atoms. The lowest BCUT2D eigenvalue weighted by Gasteiger charge is -2.22. The largest absolute Gasteiger partial charge is 0.308 e. The molecule has 2 aromatic carbocycles. The van der Waals surface area contributed by atoms with Gasteiger partial charge in [-0.2, -0.15) is 4.31 Å². The summed E-state index contributed by atoms with van der Waals surface area (Å²) < 4.78 is 28.2. The van der Waals surface area contributed by atoms with Gasteiger partial charge in [0.2, 0.25) is 10.0 Å². The Morgan fingerprint density at radius 3 is 2.23 bits per heavy atom. The van der Waals surface area contributed by atoms with Crippen LogP contribution in [-0.4, -0.2) is 68.8 Å². The van der Waals surface area contributed by atoms with Gasteiger partial charge in [-0.3, -0.25) is 9.69 Å². The minimum Gasteiger partial charge on any atom is -0.308 e. The van der Waals surface area contributed by atoms with Gasteiger partial charge in [0.15, 0.2) is 5.13 Å². The van der Waals surface area contributed by atoms with Gasteiger partial charge in [-0.05, 0) is 63.0 Å². The predicted molar refractivity (Wildman–Crippen MR) is 147 cm³/mol. The number of hydrogen-bond acceptors (Lipinski definition) is 6. The van der Waals surface area contributed by atoms with Gasteiger partial charge in [0.05, 0.1) is 15.1 Å². The van der Waals surface area contributed by atoms with E-state index >= 15 is 0 Å². The van der Waals surface area contributed by atoms with Gasteiger partial charge < -0.3 is 4.90 Å². The lowest BCUT2D eigenvalue weighted by molar-refractivity contribution is 0.0985. The normalized spacial score (nSPS) is 11.5. The van der Waals surface area contributed by atoms with Crippen LogP contribution in [0.3, 0.4) is 0 Å². The van der Waals surface area contributed by atoms with E-state index in [4.69, 9.17) is 0 Å². The molecule has 3 aromatic rings. The lowest BCUT2D eigenvalue weighted by Crippen LogP contribution is -2.36. The highest BCUT2D eigenvalue weighted by molar-refractivity contribution is 7.89. The van der Waals surface area contributed by atoms with Crippen molar-refractivity contribution in [1.82, 2.24) is 14.2 Å². The molecule has 0 radical (unpaired) electrons. The number of likely N-dealkylation sites (N-methyl/N-ethyl adjacent to an activating group) is 1. The van der Waals surface area contributed by atoms with Crippen molar-refractivity contribution < 1.29 is 13.2 Å². The second kappa shape index (κ2) is 12.4. The van der Waals surface area contributed by atoms with Crippen molar-refractivity contribution in [3.05, 3.63) is 78.9 Å². The Hall–Kier alpha value is -2.56. The number of carbonyl (C=O) groups is 1. The smallest absolute Gasteiger partial charge is 0.260 e. The predicted octanol–water partition coefficient (Wildman–Crippen LogP) is 4.60. The van der Waals surface area contributed by atoms with Crippen LogP contribution in [0.1, 0.15) is 15.9 Å². The number of aromatic nitrogens is 1. The van der Waals surface area contributed by atoms with E-state index in [0.717, 1.165) is 15.8 Å². The van der Waals surface area contributed by atoms with E-state index < -0.39 is 10.0 Å². The maximum Gasteiger partial charge on any atom is 0.260 e. The Morgan fingerprint density at radius 2 is 1.66 bits per heavy atom. The number of anilines is 1. The van der Waals surface area contributed by atoms with Crippen molar-refractivity contribution >= 4 is 55.0 Å². The van der Waals surface area contributed by atoms with Gasteiger partial charge in [0.25, 0.3) is 5.91 Å². The van der Waals surface area contributed by atoms with Crippen molar-refractivity contribution in [1.29, 1.82) is 0 Å². The highest BCUT2D eigenvalue weighted by Crippen LogP contribution is 2.30. The number of aryl methyl sites for hydroxylation is 1. The fraction of sp³-hybridized carbons (Fsp3) is 0.280. The highest BCUT2D eigenvalue weighted by Gasteiger charge is 2.25. The first-order valence-corrected chi connectivity index (χ1v) is 13.1. The van der Waals surface area contributed by atoms with Crippen LogP contribution in [0.2, 0.25) is 0 Å². The summed E-state index contributed by atoms with van der Waals surface area (Å²) >= 11 is 1.47. The van der Waals surface area contributed by atoms with Crippen LogP contribution in [0.15, 0.2) is 72.7 Å². The van der Waals surface area contributed by atoms with Crippen molar-refractivity contribution in [2.75, 3.05) is 45.2 Å². The van der Waals surface area contributed by atoms with Crippen LogP contribution in [0.25, 0.3) is 10.2 Å². The molecule has 188 valence electrons. The van der Waals surface area contributed by atoms with Crippen LogP contribution >= 0.6 is 23.7 Å². The molecule has 3 rings (SSSR count). The van der Waals surface area contributed by atoms with Crippen LogP contribution in [0.5, 0.6) is 0 Å². The molecule has 0 saturated heterocycles. The second-order valence-corrected chi connectivity index (χ2v) is 11.1. The molecule has 1 aromatic heterocycles. The average molecular weight is 535 g/mol. The molecule has 0 atom stereocenters. The molecule has 0 aliphatic carbocycles. The van der Waals surface area contributed by atoms with E-state index in [1.54, 1.807) is 17.0 Å². The molecule has 0 aliphatic heterocycles.